The molecule has 2 aromatic rings. The Morgan fingerprint density at radius 1 is 0.528 bits per heavy atom. The minimum absolute atomic E-state index is 0. The summed E-state index contributed by atoms with van der Waals surface area (Å²) in [4.78, 5) is 185. The minimum atomic E-state index is -5.08. The highest BCUT2D eigenvalue weighted by atomic mass is 19.4. The van der Waals surface area contributed by atoms with Gasteiger partial charge in [-0.25, -0.2) is 18.4 Å². The van der Waals surface area contributed by atoms with Crippen LogP contribution in [-0.2, 0) is 52.7 Å². The monoisotopic (exact) mass is 1780 g/mol. The number of nitrogens with one attached hydrogen (secondary N) is 3. The molecule has 34 heteroatoms. The molecule has 0 radical (unpaired) electrons. The second-order valence-electron chi connectivity index (χ2n) is 36.8. The number of aliphatic hydroxyl groups excluding tert-OH is 2. The fraction of sp³-hybridized carbons (Fsp3) is 0.624. The van der Waals surface area contributed by atoms with Crippen molar-refractivity contribution in [2.75, 3.05) is 26.3 Å². The van der Waals surface area contributed by atoms with Gasteiger partial charge in [0.05, 0.1) is 34.5 Å². The molecule has 4 aliphatic heterocycles. The Morgan fingerprint density at radius 3 is 1.28 bits per heavy atom. The molecule has 0 aromatic heterocycles. The molecule has 0 bridgehead atoms. The molecule has 8 fully saturated rings. The number of amides is 9. The lowest BCUT2D eigenvalue weighted by Gasteiger charge is -2.62. The van der Waals surface area contributed by atoms with E-state index in [-0.39, 0.29) is 134 Å². The van der Waals surface area contributed by atoms with E-state index in [4.69, 9.17) is 25.1 Å². The number of rotatable bonds is 29. The van der Waals surface area contributed by atoms with Crippen LogP contribution in [0.15, 0.2) is 84.0 Å². The van der Waals surface area contributed by atoms with E-state index in [0.717, 1.165) is 93.4 Å². The van der Waals surface area contributed by atoms with Gasteiger partial charge in [0.2, 0.25) is 23.6 Å². The number of hydrogen-bond donors (Lipinski definition) is 10. The average Bonchev–Trinajstić information content (AvgIpc) is 1.60. The van der Waals surface area contributed by atoms with Gasteiger partial charge < -0.3 is 51.2 Å². The molecule has 127 heavy (non-hydrogen) atoms. The van der Waals surface area contributed by atoms with E-state index in [9.17, 15) is 106 Å². The molecule has 8 aliphatic carbocycles. The van der Waals surface area contributed by atoms with Crippen molar-refractivity contribution in [1.29, 1.82) is 0 Å². The number of piperidine rings is 2. The molecule has 12 aliphatic rings. The first kappa shape index (κ1) is 99.3. The molecule has 9 amide bonds. The standard InChI is InChI=1S/C45H56FN3O10.C24H31N3O6.C21H27FO5.C2HF3O2.CH4/c1-26-22-32-31-16-15-27-23-28(50)19-20-42(27,2)44(31,46)35(52)24-43(32,3)45(26,58)41(57)47-21-10-8-6-4-5-7-9-12-29(51)25-59-34-14-11-13-30-37(34)40(56)49(39(30)55)33-17-18-36(53)48-38(33)54;25-14-7-5-3-1-2-4-6-9-16(28)15-33-19-11-8-10-17-21(19)24(32)27(23(17)31)18-12-13-20(29)26-22(18)30;1-11-8-15-14-5-4-12-9-13(23)6-7-18(12,2)20(14,22)16(24)10-19(15,3)21(11,27)17(25)26;3-2(4,5)1(6)7;/h11,13-14,19-20,23,26,31-33,35,52,58H,4-10,12,15-18,21-22,24-25H2,1-3H3,(H,47,57)(H,48,53,54);8,10-11,18H,1-7,9,12-15,25H2,(H,26,29,30);6-7,9,11,14-16,24,27H,4-5,8,10H2,1-3H3,(H,25,26);(H,6,7);1H4/t26-,31+,32+,33?,35+,42+,43+,44+,45+;;11-,14+,15+,16+,18+,19+,20+,21+;;/m1.1../s1. The Balaban J connectivity index is 0.000000207. The molecule has 6 saturated carbocycles. The molecule has 18 atom stereocenters. The lowest BCUT2D eigenvalue weighted by atomic mass is 9.44. The van der Waals surface area contributed by atoms with Crippen molar-refractivity contribution in [2.24, 2.45) is 62.9 Å². The maximum Gasteiger partial charge on any atom is 0.490 e. The van der Waals surface area contributed by atoms with Gasteiger partial charge in [0.25, 0.3) is 29.5 Å². The number of hydrogen-bond acceptors (Lipinski definition) is 22. The molecular formula is C93H119F5N6O23. The molecule has 2 saturated heterocycles. The number of halogens is 5. The second-order valence-corrected chi connectivity index (χ2v) is 36.8. The molecule has 2 unspecified atom stereocenters. The van der Waals surface area contributed by atoms with Crippen LogP contribution in [0.1, 0.15) is 270 Å². The Morgan fingerprint density at radius 2 is 0.898 bits per heavy atom. The third-order valence-corrected chi connectivity index (χ3v) is 29.6. The van der Waals surface area contributed by atoms with E-state index in [0.29, 0.717) is 75.5 Å². The quantitative estimate of drug-likeness (QED) is 0.0205. The lowest BCUT2D eigenvalue weighted by molar-refractivity contribution is -0.225. The fourth-order valence-electron chi connectivity index (χ4n) is 22.7. The summed E-state index contributed by atoms with van der Waals surface area (Å²) in [5.74, 6) is -12.5. The number of unbranched alkanes of at least 4 members (excludes halogenated alkanes) is 12. The number of carboxylic acids is 2. The van der Waals surface area contributed by atoms with Crippen LogP contribution < -0.4 is 31.2 Å². The van der Waals surface area contributed by atoms with Crippen LogP contribution in [-0.4, -0.2) is 208 Å². The van der Waals surface area contributed by atoms with Crippen molar-refractivity contribution in [2.45, 2.75) is 282 Å². The van der Waals surface area contributed by atoms with Gasteiger partial charge in [-0.05, 0) is 183 Å². The van der Waals surface area contributed by atoms with E-state index in [1.807, 2.05) is 13.8 Å². The Hall–Kier alpha value is -9.90. The summed E-state index contributed by atoms with van der Waals surface area (Å²) in [6, 6.07) is 6.97. The summed E-state index contributed by atoms with van der Waals surface area (Å²) < 4.78 is 77.2. The lowest BCUT2D eigenvalue weighted by Crippen LogP contribution is -2.70. The first-order chi connectivity index (χ1) is 59.3. The third-order valence-electron chi connectivity index (χ3n) is 29.6. The van der Waals surface area contributed by atoms with Gasteiger partial charge in [-0.3, -0.25) is 82.8 Å². The number of imide groups is 4. The fourth-order valence-corrected chi connectivity index (χ4v) is 22.7. The Labute approximate surface area is 733 Å². The Kier molecular flexibility index (Phi) is 30.6. The van der Waals surface area contributed by atoms with Gasteiger partial charge in [-0.15, -0.1) is 0 Å². The number of nitrogens with zero attached hydrogens (tertiary/aromatic N) is 2. The van der Waals surface area contributed by atoms with Gasteiger partial charge >= 0.3 is 18.1 Å². The highest BCUT2D eigenvalue weighted by Gasteiger charge is 2.78. The number of allylic oxidation sites excluding steroid dienone is 8. The van der Waals surface area contributed by atoms with Gasteiger partial charge in [-0.2, -0.15) is 13.2 Å². The largest absolute Gasteiger partial charge is 0.490 e. The number of carboxylic acid groups (broad SMARTS) is 2. The van der Waals surface area contributed by atoms with Crippen LogP contribution in [0.5, 0.6) is 11.5 Å². The molecule has 0 spiro atoms. The second kappa shape index (κ2) is 39.2. The predicted molar refractivity (Wildman–Crippen MR) is 447 cm³/mol. The zero-order valence-electron chi connectivity index (χ0n) is 71.8. The molecule has 694 valence electrons. The number of aliphatic carboxylic acids is 2. The van der Waals surface area contributed by atoms with Crippen LogP contribution in [0.3, 0.4) is 0 Å². The van der Waals surface area contributed by atoms with Gasteiger partial charge in [-0.1, -0.05) is 135 Å². The number of alkyl halides is 5. The highest BCUT2D eigenvalue weighted by Crippen LogP contribution is 2.73. The minimum Gasteiger partial charge on any atom is -0.485 e. The summed E-state index contributed by atoms with van der Waals surface area (Å²) in [6.45, 7) is 11.2. The van der Waals surface area contributed by atoms with Crippen molar-refractivity contribution >= 4 is 88.2 Å². The number of carbonyl (C=O) groups excluding carboxylic acids is 13. The summed E-state index contributed by atoms with van der Waals surface area (Å²) in [5.41, 5.74) is -5.02. The summed E-state index contributed by atoms with van der Waals surface area (Å²) in [5, 5.41) is 70.1. The number of benzene rings is 2. The van der Waals surface area contributed by atoms with Gasteiger partial charge in [0.15, 0.2) is 45.7 Å². The number of Topliss-reactive ketones (excluding diaryl/α,β-unsaturated/α-hetero) is 2. The predicted octanol–water partition coefficient (Wildman–Crippen LogP) is 10.4. The van der Waals surface area contributed by atoms with Crippen molar-refractivity contribution in [3.8, 4) is 11.5 Å². The van der Waals surface area contributed by atoms with Gasteiger partial charge in [0.1, 0.15) is 36.8 Å². The van der Waals surface area contributed by atoms with Crippen molar-refractivity contribution < 1.29 is 134 Å². The van der Waals surface area contributed by atoms with E-state index in [1.165, 1.54) is 48.6 Å². The summed E-state index contributed by atoms with van der Waals surface area (Å²) in [6.07, 6.45) is 17.6. The van der Waals surface area contributed by atoms with Crippen molar-refractivity contribution in [3.05, 3.63) is 106 Å². The summed E-state index contributed by atoms with van der Waals surface area (Å²) in [7, 11) is 0. The molecular weight excluding hydrogens is 1660 g/mol. The first-order valence-electron chi connectivity index (χ1n) is 43.9. The van der Waals surface area contributed by atoms with Crippen LogP contribution in [0.4, 0.5) is 22.0 Å². The van der Waals surface area contributed by atoms with Crippen LogP contribution >= 0.6 is 0 Å². The van der Waals surface area contributed by atoms with E-state index >= 15 is 8.78 Å². The zero-order chi connectivity index (χ0) is 92.4. The van der Waals surface area contributed by atoms with Crippen LogP contribution in [0.2, 0.25) is 0 Å². The molecule has 11 N–H and O–H groups in total. The van der Waals surface area contributed by atoms with Crippen molar-refractivity contribution in [3.63, 3.8) is 0 Å². The molecule has 14 rings (SSSR count). The number of carbonyl (C=O) groups is 15. The van der Waals surface area contributed by atoms with Crippen LogP contribution in [0, 0.1) is 57.2 Å². The SMILES string of the molecule is C.C[C@@H]1C[C@H]2[C@@H]3CCC4=CC(=O)C=C[C@]4(C)[C@@]3(F)[C@@H](O)C[C@]2(C)[C@@]1(O)C(=O)NCCCCCCCCCC(=O)COc1cccc2c1C(=O)N(C1CCC(=O)NC1=O)C2=O.C[C@@H]1C[C@H]2[C@@H]3CCC4=CC(=O)C=C[C@]4(C)[C@@]3(F)[C@@H](O)C[C@]2(C)[C@@]1(O)C(=O)O.NCCCCCCCCCC(=O)COc1cccc2c1C(=O)N(C1CCC(=O)NC1=O)C2=O.O=C(O)C(F)(F)F. The number of aliphatic hydroxyl groups is 4. The number of ketones is 4. The smallest absolute Gasteiger partial charge is 0.485 e. The normalized spacial score (nSPS) is 32.9. The zero-order valence-corrected chi connectivity index (χ0v) is 71.8. The molecule has 29 nitrogen and oxygen atoms in total. The maximum atomic E-state index is 17.4. The highest BCUT2D eigenvalue weighted by molar-refractivity contribution is 6.25. The average molecular weight is 1780 g/mol. The van der Waals surface area contributed by atoms with Crippen molar-refractivity contribution in [1.82, 2.24) is 25.8 Å². The van der Waals surface area contributed by atoms with Crippen LogP contribution in [0.25, 0.3) is 0 Å². The first-order valence-corrected chi connectivity index (χ1v) is 43.9. The summed E-state index contributed by atoms with van der Waals surface area (Å²) >= 11 is 0. The molecule has 2 aromatic carbocycles. The number of nitrogens with two attached hydrogens (primary N) is 1. The van der Waals surface area contributed by atoms with E-state index in [1.54, 1.807) is 52.0 Å². The maximum absolute atomic E-state index is 17.4. The van der Waals surface area contributed by atoms with Gasteiger partial charge in [0, 0.05) is 65.7 Å². The van der Waals surface area contributed by atoms with E-state index < -0.39 is 163 Å². The third kappa shape index (κ3) is 18.3. The molecule has 4 heterocycles. The van der Waals surface area contributed by atoms with E-state index in [2.05, 4.69) is 16.0 Å². The number of ether oxygens (including phenoxy) is 2. The Bertz CT molecular complexity index is 4820. The number of fused-ring (bicyclic) bond motifs is 12. The topological polar surface area (TPSA) is 464 Å².